The van der Waals surface area contributed by atoms with Gasteiger partial charge < -0.3 is 0 Å². The van der Waals surface area contributed by atoms with E-state index in [1.807, 2.05) is 31.2 Å². The molecular formula is C12H10N2O. The summed E-state index contributed by atoms with van der Waals surface area (Å²) in [6, 6.07) is 9.26. The summed E-state index contributed by atoms with van der Waals surface area (Å²) in [7, 11) is 0. The third-order valence-electron chi connectivity index (χ3n) is 2.23. The lowest BCUT2D eigenvalue weighted by atomic mass is 10.0. The Morgan fingerprint density at radius 1 is 1.27 bits per heavy atom. The molecule has 1 aromatic heterocycles. The minimum Gasteiger partial charge on any atom is -0.298 e. The fraction of sp³-hybridized carbons (Fsp3) is 0.0833. The molecule has 0 fully saturated rings. The zero-order valence-corrected chi connectivity index (χ0v) is 8.34. The lowest BCUT2D eigenvalue weighted by Gasteiger charge is -2.04. The van der Waals surface area contributed by atoms with E-state index >= 15 is 0 Å². The number of aldehydes is 1. The second kappa shape index (κ2) is 4.00. The highest BCUT2D eigenvalue weighted by Crippen LogP contribution is 2.20. The van der Waals surface area contributed by atoms with Crippen LogP contribution in [0.15, 0.2) is 36.5 Å². The predicted octanol–water partition coefficient (Wildman–Crippen LogP) is 2.26. The summed E-state index contributed by atoms with van der Waals surface area (Å²) in [4.78, 5) is 10.6. The van der Waals surface area contributed by atoms with Crippen LogP contribution in [0.2, 0.25) is 0 Å². The van der Waals surface area contributed by atoms with E-state index in [9.17, 15) is 4.79 Å². The third kappa shape index (κ3) is 1.91. The minimum absolute atomic E-state index is 0.681. The third-order valence-corrected chi connectivity index (χ3v) is 2.23. The number of rotatable bonds is 2. The van der Waals surface area contributed by atoms with E-state index in [0.717, 1.165) is 23.1 Å². The van der Waals surface area contributed by atoms with Crippen LogP contribution in [0.3, 0.4) is 0 Å². The average molecular weight is 198 g/mol. The van der Waals surface area contributed by atoms with Crippen molar-refractivity contribution in [3.05, 3.63) is 47.7 Å². The number of benzene rings is 1. The molecule has 0 aliphatic heterocycles. The molecule has 0 bridgehead atoms. The van der Waals surface area contributed by atoms with Crippen LogP contribution in [-0.4, -0.2) is 16.5 Å². The first-order valence-electron chi connectivity index (χ1n) is 4.65. The van der Waals surface area contributed by atoms with Gasteiger partial charge in [0.15, 0.2) is 0 Å². The molecule has 3 heteroatoms. The molecule has 1 aromatic carbocycles. The summed E-state index contributed by atoms with van der Waals surface area (Å²) >= 11 is 0. The quantitative estimate of drug-likeness (QED) is 0.695. The molecule has 0 aliphatic rings. The standard InChI is InChI=1S/C12H10N2O/c1-9-7-10(8-15)4-5-11(9)12-3-2-6-13-14-12/h2-8H,1H3. The highest BCUT2D eigenvalue weighted by atomic mass is 16.1. The van der Waals surface area contributed by atoms with Crippen LogP contribution in [0.25, 0.3) is 11.3 Å². The van der Waals surface area contributed by atoms with Gasteiger partial charge in [0.05, 0.1) is 5.69 Å². The predicted molar refractivity (Wildman–Crippen MR) is 57.6 cm³/mol. The molecular weight excluding hydrogens is 188 g/mol. The zero-order valence-electron chi connectivity index (χ0n) is 8.34. The Kier molecular flexibility index (Phi) is 2.54. The Hall–Kier alpha value is -2.03. The van der Waals surface area contributed by atoms with Crippen LogP contribution in [0.5, 0.6) is 0 Å². The van der Waals surface area contributed by atoms with Crippen LogP contribution < -0.4 is 0 Å². The maximum Gasteiger partial charge on any atom is 0.150 e. The van der Waals surface area contributed by atoms with Crippen LogP contribution in [0.1, 0.15) is 15.9 Å². The summed E-state index contributed by atoms with van der Waals surface area (Å²) in [5, 5.41) is 7.85. The van der Waals surface area contributed by atoms with Gasteiger partial charge in [0.25, 0.3) is 0 Å². The first-order valence-corrected chi connectivity index (χ1v) is 4.65. The Labute approximate surface area is 87.8 Å². The Balaban J connectivity index is 2.51. The van der Waals surface area contributed by atoms with Gasteiger partial charge in [-0.05, 0) is 30.7 Å². The van der Waals surface area contributed by atoms with Gasteiger partial charge in [0, 0.05) is 17.3 Å². The van der Waals surface area contributed by atoms with Crippen molar-refractivity contribution in [2.45, 2.75) is 6.92 Å². The van der Waals surface area contributed by atoms with Gasteiger partial charge in [-0.3, -0.25) is 4.79 Å². The minimum atomic E-state index is 0.681. The summed E-state index contributed by atoms with van der Waals surface area (Å²) in [6.45, 7) is 1.96. The molecule has 1 heterocycles. The Morgan fingerprint density at radius 3 is 2.73 bits per heavy atom. The molecule has 0 saturated heterocycles. The van der Waals surface area contributed by atoms with E-state index < -0.39 is 0 Å². The molecule has 2 aromatic rings. The van der Waals surface area contributed by atoms with E-state index in [1.165, 1.54) is 0 Å². The van der Waals surface area contributed by atoms with Gasteiger partial charge in [0.1, 0.15) is 6.29 Å². The van der Waals surface area contributed by atoms with Gasteiger partial charge in [-0.25, -0.2) is 0 Å². The molecule has 0 radical (unpaired) electrons. The maximum atomic E-state index is 10.6. The van der Waals surface area contributed by atoms with Crippen molar-refractivity contribution in [2.75, 3.05) is 0 Å². The summed E-state index contributed by atoms with van der Waals surface area (Å²) in [5.74, 6) is 0. The van der Waals surface area contributed by atoms with Crippen molar-refractivity contribution in [2.24, 2.45) is 0 Å². The van der Waals surface area contributed by atoms with Crippen molar-refractivity contribution in [1.82, 2.24) is 10.2 Å². The largest absolute Gasteiger partial charge is 0.298 e. The van der Waals surface area contributed by atoms with Crippen molar-refractivity contribution < 1.29 is 4.79 Å². The molecule has 2 rings (SSSR count). The monoisotopic (exact) mass is 198 g/mol. The number of hydrogen-bond donors (Lipinski definition) is 0. The molecule has 0 unspecified atom stereocenters. The maximum absolute atomic E-state index is 10.6. The fourth-order valence-electron chi connectivity index (χ4n) is 1.49. The molecule has 0 atom stereocenters. The fourth-order valence-corrected chi connectivity index (χ4v) is 1.49. The van der Waals surface area contributed by atoms with Gasteiger partial charge in [-0.2, -0.15) is 10.2 Å². The molecule has 74 valence electrons. The van der Waals surface area contributed by atoms with Crippen LogP contribution in [0, 0.1) is 6.92 Å². The van der Waals surface area contributed by atoms with Crippen LogP contribution in [0.4, 0.5) is 0 Å². The van der Waals surface area contributed by atoms with Gasteiger partial charge in [0.2, 0.25) is 0 Å². The normalized spacial score (nSPS) is 9.93. The number of nitrogens with zero attached hydrogens (tertiary/aromatic N) is 2. The van der Waals surface area contributed by atoms with Gasteiger partial charge in [-0.1, -0.05) is 12.1 Å². The van der Waals surface area contributed by atoms with E-state index in [4.69, 9.17) is 0 Å². The number of carbonyl (C=O) groups excluding carboxylic acids is 1. The molecule has 15 heavy (non-hydrogen) atoms. The smallest absolute Gasteiger partial charge is 0.150 e. The first kappa shape index (κ1) is 9.52. The first-order chi connectivity index (χ1) is 7.31. The molecule has 0 N–H and O–H groups in total. The van der Waals surface area contributed by atoms with E-state index in [1.54, 1.807) is 12.3 Å². The number of aryl methyl sites for hydroxylation is 1. The van der Waals surface area contributed by atoms with Crippen molar-refractivity contribution >= 4 is 6.29 Å². The average Bonchev–Trinajstić information content (AvgIpc) is 2.30. The van der Waals surface area contributed by atoms with Crippen LogP contribution >= 0.6 is 0 Å². The van der Waals surface area contributed by atoms with Crippen LogP contribution in [-0.2, 0) is 0 Å². The molecule has 0 saturated carbocycles. The molecule has 3 nitrogen and oxygen atoms in total. The van der Waals surface area contributed by atoms with E-state index in [0.29, 0.717) is 5.56 Å². The van der Waals surface area contributed by atoms with Gasteiger partial charge in [-0.15, -0.1) is 0 Å². The number of hydrogen-bond acceptors (Lipinski definition) is 3. The topological polar surface area (TPSA) is 42.9 Å². The zero-order chi connectivity index (χ0) is 10.7. The highest BCUT2D eigenvalue weighted by Gasteiger charge is 2.03. The Bertz CT molecular complexity index is 480. The van der Waals surface area contributed by atoms with E-state index in [2.05, 4.69) is 10.2 Å². The lowest BCUT2D eigenvalue weighted by molar-refractivity contribution is 0.112. The summed E-state index contributed by atoms with van der Waals surface area (Å²) < 4.78 is 0. The summed E-state index contributed by atoms with van der Waals surface area (Å²) in [6.07, 6.45) is 2.48. The molecule has 0 aliphatic carbocycles. The van der Waals surface area contributed by atoms with Crippen molar-refractivity contribution in [1.29, 1.82) is 0 Å². The van der Waals surface area contributed by atoms with E-state index in [-0.39, 0.29) is 0 Å². The highest BCUT2D eigenvalue weighted by molar-refractivity contribution is 5.77. The second-order valence-corrected chi connectivity index (χ2v) is 3.30. The molecule has 0 spiro atoms. The molecule has 0 amide bonds. The number of aromatic nitrogens is 2. The van der Waals surface area contributed by atoms with Crippen molar-refractivity contribution in [3.8, 4) is 11.3 Å². The lowest BCUT2D eigenvalue weighted by Crippen LogP contribution is -1.90. The SMILES string of the molecule is Cc1cc(C=O)ccc1-c1cccnn1. The Morgan fingerprint density at radius 2 is 2.13 bits per heavy atom. The van der Waals surface area contributed by atoms with Gasteiger partial charge >= 0.3 is 0 Å². The van der Waals surface area contributed by atoms with Crippen molar-refractivity contribution in [3.63, 3.8) is 0 Å². The summed E-state index contributed by atoms with van der Waals surface area (Å²) in [5.41, 5.74) is 3.54. The second-order valence-electron chi connectivity index (χ2n) is 3.30. The number of carbonyl (C=O) groups is 1.